The van der Waals surface area contributed by atoms with Crippen LogP contribution in [-0.4, -0.2) is 18.2 Å². The summed E-state index contributed by atoms with van der Waals surface area (Å²) < 4.78 is 6.62. The van der Waals surface area contributed by atoms with Crippen molar-refractivity contribution >= 4 is 33.6 Å². The molecule has 0 bridgehead atoms. The average molecular weight is 401 g/mol. The smallest absolute Gasteiger partial charge is 0.277 e. The topological polar surface area (TPSA) is 50.7 Å². The number of rotatable bonds is 6. The summed E-state index contributed by atoms with van der Waals surface area (Å²) in [6.45, 7) is 5.63. The van der Waals surface area contributed by atoms with Crippen LogP contribution in [0.2, 0.25) is 0 Å². The van der Waals surface area contributed by atoms with Crippen LogP contribution in [-0.2, 0) is 4.79 Å². The van der Waals surface area contributed by atoms with Gasteiger partial charge in [-0.25, -0.2) is 5.43 Å². The predicted molar refractivity (Wildman–Crippen MR) is 106 cm³/mol. The van der Waals surface area contributed by atoms with Crippen molar-refractivity contribution in [2.24, 2.45) is 5.10 Å². The summed E-state index contributed by atoms with van der Waals surface area (Å²) >= 11 is 3.44. The molecule has 1 amide bonds. The third-order valence-electron chi connectivity index (χ3n) is 3.45. The van der Waals surface area contributed by atoms with Gasteiger partial charge in [-0.2, -0.15) is 5.10 Å². The Morgan fingerprint density at radius 3 is 2.48 bits per heavy atom. The van der Waals surface area contributed by atoms with Crippen molar-refractivity contribution < 1.29 is 9.53 Å². The summed E-state index contributed by atoms with van der Waals surface area (Å²) in [5.74, 6) is 0.428. The van der Waals surface area contributed by atoms with Crippen molar-refractivity contribution in [1.82, 2.24) is 5.43 Å². The maximum atomic E-state index is 11.9. The van der Waals surface area contributed by atoms with Crippen molar-refractivity contribution in [3.8, 4) is 5.75 Å². The Morgan fingerprint density at radius 2 is 1.84 bits per heavy atom. The van der Waals surface area contributed by atoms with E-state index in [0.717, 1.165) is 26.9 Å². The van der Waals surface area contributed by atoms with Gasteiger partial charge in [-0.1, -0.05) is 52.3 Å². The van der Waals surface area contributed by atoms with Gasteiger partial charge >= 0.3 is 0 Å². The van der Waals surface area contributed by atoms with Crippen molar-refractivity contribution in [1.29, 1.82) is 0 Å². The number of allylic oxidation sites excluding steroid dienone is 1. The van der Waals surface area contributed by atoms with Crippen molar-refractivity contribution in [2.45, 2.75) is 20.8 Å². The number of nitrogens with one attached hydrogen (secondary N) is 1. The van der Waals surface area contributed by atoms with E-state index in [2.05, 4.69) is 26.5 Å². The quantitative estimate of drug-likeness (QED) is 0.566. The lowest BCUT2D eigenvalue weighted by Crippen LogP contribution is -2.25. The van der Waals surface area contributed by atoms with Crippen LogP contribution < -0.4 is 10.2 Å². The van der Waals surface area contributed by atoms with E-state index in [1.807, 2.05) is 75.4 Å². The highest BCUT2D eigenvalue weighted by atomic mass is 79.9. The second-order valence-corrected chi connectivity index (χ2v) is 6.61. The number of aryl methyl sites for hydroxylation is 2. The van der Waals surface area contributed by atoms with Crippen LogP contribution in [0.1, 0.15) is 23.6 Å². The second kappa shape index (κ2) is 9.18. The zero-order valence-electron chi connectivity index (χ0n) is 14.5. The summed E-state index contributed by atoms with van der Waals surface area (Å²) in [6, 6.07) is 13.8. The molecule has 0 aliphatic rings. The molecule has 0 heterocycles. The Balaban J connectivity index is 1.87. The lowest BCUT2D eigenvalue weighted by molar-refractivity contribution is -0.123. The highest BCUT2D eigenvalue weighted by Crippen LogP contribution is 2.27. The number of hydrogen-bond acceptors (Lipinski definition) is 3. The Morgan fingerprint density at radius 1 is 1.20 bits per heavy atom. The number of hydrogen-bond donors (Lipinski definition) is 1. The molecule has 0 spiro atoms. The number of benzene rings is 2. The zero-order chi connectivity index (χ0) is 18.2. The number of ether oxygens (including phenoxy) is 1. The van der Waals surface area contributed by atoms with Crippen molar-refractivity contribution in [3.63, 3.8) is 0 Å². The fourth-order valence-electron chi connectivity index (χ4n) is 2.26. The van der Waals surface area contributed by atoms with E-state index in [9.17, 15) is 4.79 Å². The molecule has 0 saturated heterocycles. The minimum absolute atomic E-state index is 0.0809. The van der Waals surface area contributed by atoms with E-state index in [1.165, 1.54) is 0 Å². The lowest BCUT2D eigenvalue weighted by atomic mass is 10.1. The van der Waals surface area contributed by atoms with Crippen LogP contribution >= 0.6 is 15.9 Å². The van der Waals surface area contributed by atoms with E-state index in [0.29, 0.717) is 5.71 Å². The minimum atomic E-state index is -0.297. The largest absolute Gasteiger partial charge is 0.483 e. The van der Waals surface area contributed by atoms with Gasteiger partial charge in [0.05, 0.1) is 5.71 Å². The summed E-state index contributed by atoms with van der Waals surface area (Å²) in [5, 5.41) is 4.05. The molecule has 0 aliphatic carbocycles. The van der Waals surface area contributed by atoms with E-state index in [1.54, 1.807) is 0 Å². The summed E-state index contributed by atoms with van der Waals surface area (Å²) in [7, 11) is 0. The Hall–Kier alpha value is -2.40. The Bertz CT molecular complexity index is 776. The second-order valence-electron chi connectivity index (χ2n) is 5.69. The molecular weight excluding hydrogens is 380 g/mol. The Kier molecular flexibility index (Phi) is 6.95. The first-order chi connectivity index (χ1) is 12.0. The molecule has 130 valence electrons. The SMILES string of the molecule is CC(/C=C/c1ccccc1)=N\NC(=O)COc1c(C)cc(Br)cc1C. The molecule has 4 nitrogen and oxygen atoms in total. The van der Waals surface area contributed by atoms with E-state index in [4.69, 9.17) is 4.74 Å². The number of carbonyl (C=O) groups excluding carboxylic acids is 1. The van der Waals surface area contributed by atoms with Gasteiger partial charge < -0.3 is 4.74 Å². The number of hydrazone groups is 1. The lowest BCUT2D eigenvalue weighted by Gasteiger charge is -2.11. The molecule has 0 saturated carbocycles. The number of amides is 1. The molecule has 5 heteroatoms. The maximum Gasteiger partial charge on any atom is 0.277 e. The van der Waals surface area contributed by atoms with Gasteiger partial charge in [-0.15, -0.1) is 0 Å². The molecule has 1 N–H and O–H groups in total. The van der Waals surface area contributed by atoms with Crippen LogP contribution in [0.5, 0.6) is 5.75 Å². The molecule has 0 aromatic heterocycles. The van der Waals surface area contributed by atoms with Crippen LogP contribution in [0.15, 0.2) is 58.1 Å². The van der Waals surface area contributed by atoms with Gasteiger partial charge in [0.25, 0.3) is 5.91 Å². The van der Waals surface area contributed by atoms with Gasteiger partial charge in [-0.05, 0) is 55.7 Å². The zero-order valence-corrected chi connectivity index (χ0v) is 16.1. The van der Waals surface area contributed by atoms with Crippen LogP contribution in [0.4, 0.5) is 0 Å². The highest BCUT2D eigenvalue weighted by Gasteiger charge is 2.08. The van der Waals surface area contributed by atoms with Gasteiger partial charge in [0.1, 0.15) is 5.75 Å². The molecule has 0 aliphatic heterocycles. The molecule has 0 atom stereocenters. The highest BCUT2D eigenvalue weighted by molar-refractivity contribution is 9.10. The van der Waals surface area contributed by atoms with Crippen LogP contribution in [0.3, 0.4) is 0 Å². The maximum absolute atomic E-state index is 11.9. The van der Waals surface area contributed by atoms with Gasteiger partial charge in [0.15, 0.2) is 6.61 Å². The molecule has 0 fully saturated rings. The van der Waals surface area contributed by atoms with Gasteiger partial charge in [-0.3, -0.25) is 4.79 Å². The van der Waals surface area contributed by atoms with Crippen LogP contribution in [0.25, 0.3) is 6.08 Å². The first-order valence-corrected chi connectivity index (χ1v) is 8.71. The van der Waals surface area contributed by atoms with E-state index < -0.39 is 0 Å². The monoisotopic (exact) mass is 400 g/mol. The first kappa shape index (κ1) is 18.9. The fourth-order valence-corrected chi connectivity index (χ4v) is 2.95. The fraction of sp³-hybridized carbons (Fsp3) is 0.200. The van der Waals surface area contributed by atoms with Crippen LogP contribution in [0, 0.1) is 13.8 Å². The molecule has 0 radical (unpaired) electrons. The average Bonchev–Trinajstić information content (AvgIpc) is 2.58. The molecule has 2 aromatic rings. The number of nitrogens with zero attached hydrogens (tertiary/aromatic N) is 1. The molecular formula is C20H21BrN2O2. The predicted octanol–water partition coefficient (Wildman–Crippen LogP) is 4.65. The number of carbonyl (C=O) groups is 1. The molecule has 25 heavy (non-hydrogen) atoms. The van der Waals surface area contributed by atoms with Gasteiger partial charge in [0.2, 0.25) is 0 Å². The van der Waals surface area contributed by atoms with Crippen molar-refractivity contribution in [3.05, 3.63) is 69.7 Å². The van der Waals surface area contributed by atoms with E-state index >= 15 is 0 Å². The molecule has 0 unspecified atom stereocenters. The first-order valence-electron chi connectivity index (χ1n) is 7.91. The third-order valence-corrected chi connectivity index (χ3v) is 3.90. The standard InChI is InChI=1S/C20H21BrN2O2/c1-14-11-18(21)12-15(2)20(14)25-13-19(24)23-22-16(3)9-10-17-7-5-4-6-8-17/h4-12H,13H2,1-3H3,(H,23,24)/b10-9+,22-16+. The minimum Gasteiger partial charge on any atom is -0.483 e. The summed E-state index contributed by atoms with van der Waals surface area (Å²) in [4.78, 5) is 11.9. The summed E-state index contributed by atoms with van der Waals surface area (Å²) in [5.41, 5.74) is 6.24. The molecule has 2 rings (SSSR count). The molecule has 2 aromatic carbocycles. The normalized spacial score (nSPS) is 11.6. The van der Waals surface area contributed by atoms with E-state index in [-0.39, 0.29) is 12.5 Å². The number of halogens is 1. The third kappa shape index (κ3) is 6.19. The van der Waals surface area contributed by atoms with Crippen molar-refractivity contribution in [2.75, 3.05) is 6.61 Å². The Labute approximate surface area is 156 Å². The van der Waals surface area contributed by atoms with Gasteiger partial charge in [0, 0.05) is 4.47 Å². The summed E-state index contributed by atoms with van der Waals surface area (Å²) in [6.07, 6.45) is 3.79.